The number of rotatable bonds is 1. The second kappa shape index (κ2) is 4.99. The van der Waals surface area contributed by atoms with Gasteiger partial charge in [0.25, 0.3) is 5.91 Å². The van der Waals surface area contributed by atoms with E-state index in [9.17, 15) is 18.3 Å². The number of carbonyl (C=O) groups is 1. The second-order valence-corrected chi connectivity index (χ2v) is 7.84. The predicted molar refractivity (Wildman–Crippen MR) is 80.3 cm³/mol. The summed E-state index contributed by atoms with van der Waals surface area (Å²) < 4.78 is 23.3. The van der Waals surface area contributed by atoms with E-state index in [0.29, 0.717) is 30.8 Å². The highest BCUT2D eigenvalue weighted by molar-refractivity contribution is 7.91. The van der Waals surface area contributed by atoms with Crippen LogP contribution in [0.5, 0.6) is 0 Å². The average Bonchev–Trinajstić information content (AvgIpc) is 2.60. The Hall–Kier alpha value is -1.60. The van der Waals surface area contributed by atoms with Crippen molar-refractivity contribution in [1.29, 1.82) is 0 Å². The Morgan fingerprint density at radius 1 is 1.24 bits per heavy atom. The van der Waals surface area contributed by atoms with Crippen LogP contribution in [-0.4, -0.2) is 51.1 Å². The quantitative estimate of drug-likeness (QED) is 0.808. The fourth-order valence-electron chi connectivity index (χ4n) is 2.88. The lowest BCUT2D eigenvalue weighted by Crippen LogP contribution is -2.27. The maximum absolute atomic E-state index is 11.8. The highest BCUT2D eigenvalue weighted by Gasteiger charge is 2.34. The first kappa shape index (κ1) is 14.3. The molecular formula is C14H18N2O4S. The first-order valence-corrected chi connectivity index (χ1v) is 8.76. The molecule has 1 aromatic carbocycles. The van der Waals surface area contributed by atoms with Crippen LogP contribution in [0.3, 0.4) is 0 Å². The maximum atomic E-state index is 11.8. The zero-order valence-corrected chi connectivity index (χ0v) is 12.6. The molecule has 21 heavy (non-hydrogen) atoms. The summed E-state index contributed by atoms with van der Waals surface area (Å²) in [6.45, 7) is 1.14. The number of carbonyl (C=O) groups excluding carboxylic acids is 1. The lowest BCUT2D eigenvalue weighted by Gasteiger charge is -2.23. The standard InChI is InChI=1S/C14H18N2O4S/c1-15-12-9-10(3-4-11(12)13(17)14(15)18)16-5-2-7-21(19,20)8-6-16/h3-4,9,13,17H,2,5-8H2,1H3. The van der Waals surface area contributed by atoms with E-state index in [1.165, 1.54) is 4.90 Å². The van der Waals surface area contributed by atoms with Crippen molar-refractivity contribution < 1.29 is 18.3 Å². The smallest absolute Gasteiger partial charge is 0.260 e. The molecule has 0 aliphatic carbocycles. The number of aliphatic hydroxyl groups is 1. The van der Waals surface area contributed by atoms with Crippen molar-refractivity contribution in [3.8, 4) is 0 Å². The summed E-state index contributed by atoms with van der Waals surface area (Å²) in [4.78, 5) is 15.2. The maximum Gasteiger partial charge on any atom is 0.260 e. The summed E-state index contributed by atoms with van der Waals surface area (Å²) in [5, 5.41) is 9.85. The van der Waals surface area contributed by atoms with Gasteiger partial charge in [-0.05, 0) is 18.6 Å². The van der Waals surface area contributed by atoms with Crippen LogP contribution in [0, 0.1) is 0 Å². The molecule has 1 fully saturated rings. The molecule has 2 heterocycles. The highest BCUT2D eigenvalue weighted by atomic mass is 32.2. The molecule has 1 atom stereocenters. The monoisotopic (exact) mass is 310 g/mol. The molecule has 2 aliphatic rings. The van der Waals surface area contributed by atoms with Crippen molar-refractivity contribution >= 4 is 27.1 Å². The van der Waals surface area contributed by atoms with Crippen molar-refractivity contribution in [3.05, 3.63) is 23.8 Å². The molecule has 3 rings (SSSR count). The molecule has 0 bridgehead atoms. The minimum absolute atomic E-state index is 0.154. The van der Waals surface area contributed by atoms with Gasteiger partial charge in [0.1, 0.15) is 0 Å². The minimum Gasteiger partial charge on any atom is -0.378 e. The molecule has 7 heteroatoms. The van der Waals surface area contributed by atoms with E-state index in [4.69, 9.17) is 0 Å². The van der Waals surface area contributed by atoms with Gasteiger partial charge in [0.05, 0.1) is 17.2 Å². The molecule has 0 radical (unpaired) electrons. The van der Waals surface area contributed by atoms with Gasteiger partial charge in [0.2, 0.25) is 0 Å². The number of nitrogens with zero attached hydrogens (tertiary/aromatic N) is 2. The van der Waals surface area contributed by atoms with Gasteiger partial charge in [-0.15, -0.1) is 0 Å². The molecule has 1 unspecified atom stereocenters. The van der Waals surface area contributed by atoms with Gasteiger partial charge in [-0.2, -0.15) is 0 Å². The lowest BCUT2D eigenvalue weighted by molar-refractivity contribution is -0.125. The zero-order chi connectivity index (χ0) is 15.2. The number of fused-ring (bicyclic) bond motifs is 1. The SMILES string of the molecule is CN1C(=O)C(O)c2ccc(N3CCCS(=O)(=O)CC3)cc21. The Morgan fingerprint density at radius 3 is 2.76 bits per heavy atom. The number of anilines is 2. The number of aliphatic hydroxyl groups excluding tert-OH is 1. The summed E-state index contributed by atoms with van der Waals surface area (Å²) in [6, 6.07) is 5.43. The third-order valence-corrected chi connectivity index (χ3v) is 5.87. The van der Waals surface area contributed by atoms with Crippen LogP contribution in [-0.2, 0) is 14.6 Å². The van der Waals surface area contributed by atoms with E-state index >= 15 is 0 Å². The Labute approximate surface area is 123 Å². The molecule has 2 aliphatic heterocycles. The summed E-state index contributed by atoms with van der Waals surface area (Å²) in [5.41, 5.74) is 2.19. The fourth-order valence-corrected chi connectivity index (χ4v) is 4.15. The molecule has 114 valence electrons. The van der Waals surface area contributed by atoms with Crippen LogP contribution in [0.1, 0.15) is 18.1 Å². The fraction of sp³-hybridized carbons (Fsp3) is 0.500. The summed E-state index contributed by atoms with van der Waals surface area (Å²) in [6.07, 6.45) is -0.486. The second-order valence-electron chi connectivity index (χ2n) is 5.54. The van der Waals surface area contributed by atoms with E-state index in [1.807, 2.05) is 17.0 Å². The molecule has 1 aromatic rings. The van der Waals surface area contributed by atoms with E-state index in [-0.39, 0.29) is 17.4 Å². The van der Waals surface area contributed by atoms with Crippen molar-refractivity contribution in [2.45, 2.75) is 12.5 Å². The Kier molecular flexibility index (Phi) is 3.41. The number of hydrogen-bond donors (Lipinski definition) is 1. The molecule has 0 saturated carbocycles. The number of likely N-dealkylation sites (N-methyl/N-ethyl adjacent to an activating group) is 1. The normalized spacial score (nSPS) is 24.9. The third-order valence-electron chi connectivity index (χ3n) is 4.16. The molecule has 1 amide bonds. The Bertz CT molecular complexity index is 686. The van der Waals surface area contributed by atoms with Gasteiger partial charge < -0.3 is 14.9 Å². The Balaban J connectivity index is 1.90. The van der Waals surface area contributed by atoms with Gasteiger partial charge in [-0.3, -0.25) is 4.79 Å². The number of amides is 1. The van der Waals surface area contributed by atoms with Gasteiger partial charge in [0.15, 0.2) is 15.9 Å². The van der Waals surface area contributed by atoms with Crippen molar-refractivity contribution in [2.75, 3.05) is 41.4 Å². The van der Waals surface area contributed by atoms with Gasteiger partial charge >= 0.3 is 0 Å². The van der Waals surface area contributed by atoms with Crippen LogP contribution >= 0.6 is 0 Å². The molecule has 1 saturated heterocycles. The number of sulfone groups is 1. The summed E-state index contributed by atoms with van der Waals surface area (Å²) in [7, 11) is -1.31. The van der Waals surface area contributed by atoms with Crippen LogP contribution in [0.4, 0.5) is 11.4 Å². The van der Waals surface area contributed by atoms with Crippen molar-refractivity contribution in [3.63, 3.8) is 0 Å². The van der Waals surface area contributed by atoms with Crippen molar-refractivity contribution in [1.82, 2.24) is 0 Å². The topological polar surface area (TPSA) is 77.9 Å². The van der Waals surface area contributed by atoms with Crippen LogP contribution < -0.4 is 9.80 Å². The summed E-state index contributed by atoms with van der Waals surface area (Å²) >= 11 is 0. The van der Waals surface area contributed by atoms with Crippen LogP contribution in [0.2, 0.25) is 0 Å². The van der Waals surface area contributed by atoms with E-state index in [2.05, 4.69) is 0 Å². The zero-order valence-electron chi connectivity index (χ0n) is 11.8. The van der Waals surface area contributed by atoms with Crippen molar-refractivity contribution in [2.24, 2.45) is 0 Å². The predicted octanol–water partition coefficient (Wildman–Crippen LogP) is 0.321. The lowest BCUT2D eigenvalue weighted by atomic mass is 10.1. The molecular weight excluding hydrogens is 292 g/mol. The van der Waals surface area contributed by atoms with E-state index < -0.39 is 15.9 Å². The molecule has 1 N–H and O–H groups in total. The highest BCUT2D eigenvalue weighted by Crippen LogP contribution is 2.37. The molecule has 6 nitrogen and oxygen atoms in total. The van der Waals surface area contributed by atoms with E-state index in [0.717, 1.165) is 5.69 Å². The van der Waals surface area contributed by atoms with Gasteiger partial charge in [0, 0.05) is 31.4 Å². The first-order valence-electron chi connectivity index (χ1n) is 6.94. The van der Waals surface area contributed by atoms with Crippen LogP contribution in [0.15, 0.2) is 18.2 Å². The average molecular weight is 310 g/mol. The Morgan fingerprint density at radius 2 is 2.00 bits per heavy atom. The summed E-state index contributed by atoms with van der Waals surface area (Å²) in [5.74, 6) is 0.0492. The molecule has 0 spiro atoms. The van der Waals surface area contributed by atoms with E-state index in [1.54, 1.807) is 13.1 Å². The minimum atomic E-state index is -2.95. The van der Waals surface area contributed by atoms with Gasteiger partial charge in [-0.1, -0.05) is 6.07 Å². The largest absolute Gasteiger partial charge is 0.378 e. The first-order chi connectivity index (χ1) is 9.89. The number of benzene rings is 1. The third kappa shape index (κ3) is 2.51. The van der Waals surface area contributed by atoms with Crippen LogP contribution in [0.25, 0.3) is 0 Å². The van der Waals surface area contributed by atoms with Gasteiger partial charge in [-0.25, -0.2) is 8.42 Å². The number of hydrogen-bond acceptors (Lipinski definition) is 5. The molecule has 0 aromatic heterocycles.